The zero-order valence-electron chi connectivity index (χ0n) is 13.1. The van der Waals surface area contributed by atoms with Gasteiger partial charge < -0.3 is 9.47 Å². The molecule has 0 radical (unpaired) electrons. The van der Waals surface area contributed by atoms with Crippen molar-refractivity contribution in [3.63, 3.8) is 0 Å². The quantitative estimate of drug-likeness (QED) is 0.805. The minimum Gasteiger partial charge on any atom is -0.497 e. The lowest BCUT2D eigenvalue weighted by molar-refractivity contribution is 0.162. The van der Waals surface area contributed by atoms with Crippen LogP contribution in [0.4, 0.5) is 0 Å². The second-order valence-electron chi connectivity index (χ2n) is 6.01. The highest BCUT2D eigenvalue weighted by molar-refractivity contribution is 7.89. The zero-order valence-corrected chi connectivity index (χ0v) is 13.9. The fourth-order valence-corrected chi connectivity index (χ4v) is 5.29. The SMILES string of the molecule is CCS(=O)(=O)N1C2CCC(C2)[C@@H]1COc1ccc(OC)cc1. The summed E-state index contributed by atoms with van der Waals surface area (Å²) < 4.78 is 37.4. The molecule has 1 heterocycles. The van der Waals surface area contributed by atoms with E-state index in [2.05, 4.69) is 0 Å². The normalized spacial score (nSPS) is 28.0. The number of hydrogen-bond acceptors (Lipinski definition) is 4. The Morgan fingerprint density at radius 2 is 1.86 bits per heavy atom. The molecule has 2 bridgehead atoms. The molecule has 2 aliphatic rings. The minimum absolute atomic E-state index is 0.0224. The summed E-state index contributed by atoms with van der Waals surface area (Å²) in [7, 11) is -1.54. The first-order valence-electron chi connectivity index (χ1n) is 7.83. The third-order valence-electron chi connectivity index (χ3n) is 4.84. The Kier molecular flexibility index (Phi) is 4.32. The van der Waals surface area contributed by atoms with E-state index in [1.54, 1.807) is 18.3 Å². The third kappa shape index (κ3) is 2.82. The molecule has 3 atom stereocenters. The Labute approximate surface area is 132 Å². The Hall–Kier alpha value is -1.27. The number of methoxy groups -OCH3 is 1. The fourth-order valence-electron chi connectivity index (χ4n) is 3.70. The average Bonchev–Trinajstić information content (AvgIpc) is 3.14. The number of benzene rings is 1. The smallest absolute Gasteiger partial charge is 0.214 e. The second kappa shape index (κ2) is 6.08. The molecule has 0 aromatic heterocycles. The van der Waals surface area contributed by atoms with Crippen molar-refractivity contribution < 1.29 is 17.9 Å². The monoisotopic (exact) mass is 325 g/mol. The molecule has 5 nitrogen and oxygen atoms in total. The van der Waals surface area contributed by atoms with E-state index in [1.807, 2.05) is 24.3 Å². The van der Waals surface area contributed by atoms with Gasteiger partial charge in [-0.15, -0.1) is 0 Å². The predicted octanol–water partition coefficient (Wildman–Crippen LogP) is 2.28. The van der Waals surface area contributed by atoms with Crippen LogP contribution in [0.25, 0.3) is 0 Å². The maximum absolute atomic E-state index is 12.4. The first kappa shape index (κ1) is 15.6. The van der Waals surface area contributed by atoms with Gasteiger partial charge in [-0.3, -0.25) is 0 Å². The number of ether oxygens (including phenoxy) is 2. The van der Waals surface area contributed by atoms with Crippen LogP contribution in [0.5, 0.6) is 11.5 Å². The van der Waals surface area contributed by atoms with Crippen molar-refractivity contribution in [3.05, 3.63) is 24.3 Å². The summed E-state index contributed by atoms with van der Waals surface area (Å²) in [6, 6.07) is 7.55. The molecule has 1 aromatic carbocycles. The van der Waals surface area contributed by atoms with Crippen molar-refractivity contribution in [1.82, 2.24) is 4.31 Å². The van der Waals surface area contributed by atoms with Crippen molar-refractivity contribution in [3.8, 4) is 11.5 Å². The van der Waals surface area contributed by atoms with E-state index in [1.165, 1.54) is 0 Å². The molecule has 2 unspecified atom stereocenters. The van der Waals surface area contributed by atoms with E-state index in [0.717, 1.165) is 30.8 Å². The summed E-state index contributed by atoms with van der Waals surface area (Å²) >= 11 is 0. The molecule has 0 N–H and O–H groups in total. The van der Waals surface area contributed by atoms with Gasteiger partial charge in [0.05, 0.1) is 18.9 Å². The zero-order chi connectivity index (χ0) is 15.7. The molecular weight excluding hydrogens is 302 g/mol. The van der Waals surface area contributed by atoms with Crippen LogP contribution in [0, 0.1) is 5.92 Å². The number of rotatable bonds is 6. The van der Waals surface area contributed by atoms with Gasteiger partial charge in [0.15, 0.2) is 0 Å². The Morgan fingerprint density at radius 3 is 2.50 bits per heavy atom. The van der Waals surface area contributed by atoms with Gasteiger partial charge in [-0.2, -0.15) is 4.31 Å². The predicted molar refractivity (Wildman–Crippen MR) is 84.7 cm³/mol. The topological polar surface area (TPSA) is 55.8 Å². The highest BCUT2D eigenvalue weighted by Crippen LogP contribution is 2.44. The van der Waals surface area contributed by atoms with Gasteiger partial charge in [0.2, 0.25) is 10.0 Å². The highest BCUT2D eigenvalue weighted by Gasteiger charge is 2.50. The van der Waals surface area contributed by atoms with Gasteiger partial charge in [0.25, 0.3) is 0 Å². The standard InChI is InChI=1S/C16H23NO4S/c1-3-22(18,19)17-13-5-4-12(10-13)16(17)11-21-15-8-6-14(20-2)7-9-15/h6-9,12-13,16H,3-5,10-11H2,1-2H3/t12?,13?,16-/m0/s1. The third-order valence-corrected chi connectivity index (χ3v) is 6.78. The number of fused-ring (bicyclic) bond motifs is 2. The van der Waals surface area contributed by atoms with E-state index in [0.29, 0.717) is 12.5 Å². The minimum atomic E-state index is -3.16. The molecule has 1 aliphatic carbocycles. The maximum Gasteiger partial charge on any atom is 0.214 e. The molecule has 0 spiro atoms. The summed E-state index contributed by atoms with van der Waals surface area (Å²) in [4.78, 5) is 0. The van der Waals surface area contributed by atoms with Crippen molar-refractivity contribution in [1.29, 1.82) is 0 Å². The Balaban J connectivity index is 1.70. The highest BCUT2D eigenvalue weighted by atomic mass is 32.2. The summed E-state index contributed by atoms with van der Waals surface area (Å²) in [6.45, 7) is 2.13. The van der Waals surface area contributed by atoms with Gasteiger partial charge in [-0.1, -0.05) is 0 Å². The molecule has 1 saturated carbocycles. The van der Waals surface area contributed by atoms with Crippen LogP contribution >= 0.6 is 0 Å². The summed E-state index contributed by atoms with van der Waals surface area (Å²) in [5, 5.41) is 0. The summed E-state index contributed by atoms with van der Waals surface area (Å²) in [5.41, 5.74) is 0. The van der Waals surface area contributed by atoms with Gasteiger partial charge >= 0.3 is 0 Å². The van der Waals surface area contributed by atoms with Crippen LogP contribution in [-0.4, -0.2) is 44.3 Å². The fraction of sp³-hybridized carbons (Fsp3) is 0.625. The summed E-state index contributed by atoms with van der Waals surface area (Å²) in [6.07, 6.45) is 3.08. The molecule has 2 fully saturated rings. The Bertz CT molecular complexity index is 614. The van der Waals surface area contributed by atoms with Crippen LogP contribution in [0.2, 0.25) is 0 Å². The summed E-state index contributed by atoms with van der Waals surface area (Å²) in [5.74, 6) is 2.12. The van der Waals surface area contributed by atoms with Crippen LogP contribution in [-0.2, 0) is 10.0 Å². The van der Waals surface area contributed by atoms with E-state index in [4.69, 9.17) is 9.47 Å². The van der Waals surface area contributed by atoms with Gasteiger partial charge in [0.1, 0.15) is 18.1 Å². The molecule has 122 valence electrons. The number of sulfonamides is 1. The molecule has 1 saturated heterocycles. The van der Waals surface area contributed by atoms with E-state index in [9.17, 15) is 8.42 Å². The number of nitrogens with zero attached hydrogens (tertiary/aromatic N) is 1. The van der Waals surface area contributed by atoms with E-state index in [-0.39, 0.29) is 17.8 Å². The molecular formula is C16H23NO4S. The Morgan fingerprint density at radius 1 is 1.18 bits per heavy atom. The van der Waals surface area contributed by atoms with Crippen molar-refractivity contribution in [2.24, 2.45) is 5.92 Å². The lowest BCUT2D eigenvalue weighted by Crippen LogP contribution is -2.48. The van der Waals surface area contributed by atoms with Gasteiger partial charge in [-0.25, -0.2) is 8.42 Å². The molecule has 6 heteroatoms. The van der Waals surface area contributed by atoms with E-state index >= 15 is 0 Å². The lowest BCUT2D eigenvalue weighted by atomic mass is 10.0. The van der Waals surface area contributed by atoms with Crippen LogP contribution in [0.3, 0.4) is 0 Å². The van der Waals surface area contributed by atoms with E-state index < -0.39 is 10.0 Å². The van der Waals surface area contributed by atoms with Gasteiger partial charge in [-0.05, 0) is 56.4 Å². The maximum atomic E-state index is 12.4. The first-order valence-corrected chi connectivity index (χ1v) is 9.44. The van der Waals surface area contributed by atoms with Crippen LogP contribution in [0.15, 0.2) is 24.3 Å². The van der Waals surface area contributed by atoms with Crippen LogP contribution in [0.1, 0.15) is 26.2 Å². The molecule has 1 aliphatic heterocycles. The molecule has 1 aromatic rings. The van der Waals surface area contributed by atoms with Gasteiger partial charge in [0, 0.05) is 6.04 Å². The average molecular weight is 325 g/mol. The second-order valence-corrected chi connectivity index (χ2v) is 8.17. The molecule has 0 amide bonds. The van der Waals surface area contributed by atoms with Crippen molar-refractivity contribution >= 4 is 10.0 Å². The van der Waals surface area contributed by atoms with Crippen molar-refractivity contribution in [2.45, 2.75) is 38.3 Å². The number of piperidine rings is 1. The van der Waals surface area contributed by atoms with Crippen molar-refractivity contribution in [2.75, 3.05) is 19.5 Å². The molecule has 3 rings (SSSR count). The number of hydrogen-bond donors (Lipinski definition) is 0. The first-order chi connectivity index (χ1) is 10.5. The van der Waals surface area contributed by atoms with Crippen LogP contribution < -0.4 is 9.47 Å². The molecule has 22 heavy (non-hydrogen) atoms. The lowest BCUT2D eigenvalue weighted by Gasteiger charge is -2.33. The largest absolute Gasteiger partial charge is 0.497 e.